The average molecular weight is 278 g/mol. The fraction of sp³-hybridized carbons (Fsp3) is 0.467. The highest BCUT2D eigenvalue weighted by atomic mass is 35.5. The number of hydrogen-bond acceptors (Lipinski definition) is 2. The van der Waals surface area contributed by atoms with E-state index < -0.39 is 0 Å². The second kappa shape index (κ2) is 7.29. The van der Waals surface area contributed by atoms with Crippen LogP contribution in [0.2, 0.25) is 5.15 Å². The summed E-state index contributed by atoms with van der Waals surface area (Å²) in [5.41, 5.74) is 2.11. The zero-order valence-corrected chi connectivity index (χ0v) is 12.1. The molecule has 4 heteroatoms. The molecule has 19 heavy (non-hydrogen) atoms. The summed E-state index contributed by atoms with van der Waals surface area (Å²) in [6.07, 6.45) is 5.81. The van der Waals surface area contributed by atoms with E-state index >= 15 is 0 Å². The van der Waals surface area contributed by atoms with Crippen LogP contribution in [0.25, 0.3) is 0 Å². The van der Waals surface area contributed by atoms with Crippen LogP contribution in [-0.2, 0) is 13.0 Å². The van der Waals surface area contributed by atoms with Crippen molar-refractivity contribution in [3.63, 3.8) is 0 Å². The lowest BCUT2D eigenvalue weighted by Gasteiger charge is -2.02. The van der Waals surface area contributed by atoms with Crippen molar-refractivity contribution in [1.29, 1.82) is 0 Å². The first kappa shape index (κ1) is 14.1. The van der Waals surface area contributed by atoms with Gasteiger partial charge in [0.25, 0.3) is 0 Å². The summed E-state index contributed by atoms with van der Waals surface area (Å²) in [5, 5.41) is 9.02. The van der Waals surface area contributed by atoms with Crippen LogP contribution in [0.1, 0.15) is 43.9 Å². The van der Waals surface area contributed by atoms with E-state index in [-0.39, 0.29) is 0 Å². The maximum Gasteiger partial charge on any atom is 0.150 e. The number of aromatic nitrogens is 3. The topological polar surface area (TPSA) is 30.7 Å². The minimum atomic E-state index is 0.681. The van der Waals surface area contributed by atoms with Gasteiger partial charge in [0.15, 0.2) is 5.15 Å². The van der Waals surface area contributed by atoms with Crippen LogP contribution in [0.15, 0.2) is 30.3 Å². The predicted molar refractivity (Wildman–Crippen MR) is 78.4 cm³/mol. The van der Waals surface area contributed by atoms with E-state index in [0.29, 0.717) is 11.7 Å². The van der Waals surface area contributed by atoms with Crippen LogP contribution in [0.3, 0.4) is 0 Å². The van der Waals surface area contributed by atoms with E-state index in [1.54, 1.807) is 4.68 Å². The van der Waals surface area contributed by atoms with E-state index in [1.807, 2.05) is 18.2 Å². The van der Waals surface area contributed by atoms with Gasteiger partial charge in [0.05, 0.1) is 6.54 Å². The van der Waals surface area contributed by atoms with Gasteiger partial charge >= 0.3 is 0 Å². The van der Waals surface area contributed by atoms with Gasteiger partial charge in [-0.25, -0.2) is 4.68 Å². The Balaban J connectivity index is 1.94. The van der Waals surface area contributed by atoms with Gasteiger partial charge < -0.3 is 0 Å². The normalized spacial score (nSPS) is 10.8. The van der Waals surface area contributed by atoms with Crippen LogP contribution >= 0.6 is 11.6 Å². The minimum absolute atomic E-state index is 0.681. The molecule has 3 nitrogen and oxygen atoms in total. The molecule has 0 fully saturated rings. The summed E-state index contributed by atoms with van der Waals surface area (Å²) in [6.45, 7) is 2.89. The Kier molecular flexibility index (Phi) is 5.40. The molecule has 0 spiro atoms. The Morgan fingerprint density at radius 3 is 2.63 bits per heavy atom. The summed E-state index contributed by atoms with van der Waals surface area (Å²) >= 11 is 6.33. The molecule has 1 aromatic heterocycles. The lowest BCUT2D eigenvalue weighted by atomic mass is 10.1. The monoisotopic (exact) mass is 277 g/mol. The van der Waals surface area contributed by atoms with E-state index in [2.05, 4.69) is 29.4 Å². The Hall–Kier alpha value is -1.35. The molecule has 0 amide bonds. The molecule has 0 saturated carbocycles. The van der Waals surface area contributed by atoms with Crippen molar-refractivity contribution in [3.05, 3.63) is 46.7 Å². The Morgan fingerprint density at radius 1 is 1.11 bits per heavy atom. The molecular weight excluding hydrogens is 258 g/mol. The van der Waals surface area contributed by atoms with E-state index in [1.165, 1.54) is 24.8 Å². The fourth-order valence-corrected chi connectivity index (χ4v) is 2.29. The van der Waals surface area contributed by atoms with Gasteiger partial charge in [-0.15, -0.1) is 5.10 Å². The van der Waals surface area contributed by atoms with Crippen LogP contribution in [-0.4, -0.2) is 15.0 Å². The summed E-state index contributed by atoms with van der Waals surface area (Å²) in [5.74, 6) is 0. The molecule has 0 bridgehead atoms. The summed E-state index contributed by atoms with van der Waals surface area (Å²) in [4.78, 5) is 0. The molecule has 0 aliphatic carbocycles. The zero-order chi connectivity index (χ0) is 13.5. The van der Waals surface area contributed by atoms with Crippen molar-refractivity contribution in [2.24, 2.45) is 0 Å². The Bertz CT molecular complexity index is 493. The van der Waals surface area contributed by atoms with Gasteiger partial charge in [-0.1, -0.05) is 73.3 Å². The van der Waals surface area contributed by atoms with Gasteiger partial charge in [-0.2, -0.15) is 0 Å². The van der Waals surface area contributed by atoms with Crippen LogP contribution in [0, 0.1) is 0 Å². The van der Waals surface area contributed by atoms with Gasteiger partial charge in [0.1, 0.15) is 5.69 Å². The predicted octanol–water partition coefficient (Wildman–Crippen LogP) is 4.10. The van der Waals surface area contributed by atoms with Crippen molar-refractivity contribution in [3.8, 4) is 0 Å². The molecule has 102 valence electrons. The molecule has 0 aliphatic heterocycles. The number of aryl methyl sites for hydroxylation is 1. The molecule has 1 aromatic carbocycles. The number of halogens is 1. The van der Waals surface area contributed by atoms with Crippen molar-refractivity contribution in [2.75, 3.05) is 0 Å². The van der Waals surface area contributed by atoms with E-state index in [4.69, 9.17) is 11.6 Å². The van der Waals surface area contributed by atoms with Crippen molar-refractivity contribution in [1.82, 2.24) is 15.0 Å². The van der Waals surface area contributed by atoms with Gasteiger partial charge in [-0.3, -0.25) is 0 Å². The molecular formula is C15H20ClN3. The maximum atomic E-state index is 6.33. The molecule has 2 aromatic rings. The summed E-state index contributed by atoms with van der Waals surface area (Å²) in [7, 11) is 0. The molecule has 0 N–H and O–H groups in total. The van der Waals surface area contributed by atoms with Crippen LogP contribution < -0.4 is 0 Å². The summed E-state index contributed by atoms with van der Waals surface area (Å²) in [6, 6.07) is 10.2. The molecule has 0 aliphatic rings. The highest BCUT2D eigenvalue weighted by Crippen LogP contribution is 2.17. The molecule has 2 rings (SSSR count). The lowest BCUT2D eigenvalue weighted by molar-refractivity contribution is 0.646. The van der Waals surface area contributed by atoms with Crippen LogP contribution in [0.4, 0.5) is 0 Å². The average Bonchev–Trinajstić information content (AvgIpc) is 2.78. The third-order valence-corrected chi connectivity index (χ3v) is 3.59. The number of benzene rings is 1. The molecule has 0 atom stereocenters. The Morgan fingerprint density at radius 2 is 1.89 bits per heavy atom. The van der Waals surface area contributed by atoms with E-state index in [0.717, 1.165) is 18.5 Å². The highest BCUT2D eigenvalue weighted by molar-refractivity contribution is 6.30. The first-order valence-corrected chi connectivity index (χ1v) is 7.31. The SMILES string of the molecule is CCCCCCc1nnn(Cc2ccccc2)c1Cl. The van der Waals surface area contributed by atoms with Crippen molar-refractivity contribution in [2.45, 2.75) is 45.6 Å². The third kappa shape index (κ3) is 4.06. The molecule has 1 heterocycles. The number of nitrogens with zero attached hydrogens (tertiary/aromatic N) is 3. The zero-order valence-electron chi connectivity index (χ0n) is 11.3. The van der Waals surface area contributed by atoms with Gasteiger partial charge in [0, 0.05) is 0 Å². The third-order valence-electron chi connectivity index (χ3n) is 3.18. The smallest absolute Gasteiger partial charge is 0.150 e. The lowest BCUT2D eigenvalue weighted by Crippen LogP contribution is -2.01. The molecule has 0 radical (unpaired) electrons. The first-order chi connectivity index (χ1) is 9.31. The second-order valence-corrected chi connectivity index (χ2v) is 5.14. The number of unbranched alkanes of at least 4 members (excludes halogenated alkanes) is 3. The first-order valence-electron chi connectivity index (χ1n) is 6.93. The van der Waals surface area contributed by atoms with Crippen LogP contribution in [0.5, 0.6) is 0 Å². The fourth-order valence-electron chi connectivity index (χ4n) is 2.07. The van der Waals surface area contributed by atoms with E-state index in [9.17, 15) is 0 Å². The quantitative estimate of drug-likeness (QED) is 0.713. The standard InChI is InChI=1S/C15H20ClN3/c1-2-3-4-8-11-14-15(16)19(18-17-14)12-13-9-6-5-7-10-13/h5-7,9-10H,2-4,8,11-12H2,1H3. The number of rotatable bonds is 7. The molecule has 0 saturated heterocycles. The molecule has 0 unspecified atom stereocenters. The number of hydrogen-bond donors (Lipinski definition) is 0. The van der Waals surface area contributed by atoms with Crippen molar-refractivity contribution < 1.29 is 0 Å². The summed E-state index contributed by atoms with van der Waals surface area (Å²) < 4.78 is 1.77. The minimum Gasteiger partial charge on any atom is -0.229 e. The Labute approximate surface area is 119 Å². The second-order valence-electron chi connectivity index (χ2n) is 4.78. The van der Waals surface area contributed by atoms with Crippen molar-refractivity contribution >= 4 is 11.6 Å². The largest absolute Gasteiger partial charge is 0.229 e. The highest BCUT2D eigenvalue weighted by Gasteiger charge is 2.10. The maximum absolute atomic E-state index is 6.33. The van der Waals surface area contributed by atoms with Gasteiger partial charge in [0.2, 0.25) is 0 Å². The van der Waals surface area contributed by atoms with Gasteiger partial charge in [-0.05, 0) is 18.4 Å².